The van der Waals surface area contributed by atoms with Gasteiger partial charge in [0.05, 0.1) is 5.75 Å². The zero-order valence-electron chi connectivity index (χ0n) is 8.78. The van der Waals surface area contributed by atoms with Crippen LogP contribution in [0.1, 0.15) is 19.8 Å². The number of rotatable bonds is 5. The molecule has 1 aliphatic heterocycles. The summed E-state index contributed by atoms with van der Waals surface area (Å²) in [6, 6.07) is 0.240. The van der Waals surface area contributed by atoms with Gasteiger partial charge in [-0.05, 0) is 19.4 Å². The molecule has 1 heterocycles. The van der Waals surface area contributed by atoms with Gasteiger partial charge in [-0.15, -0.1) is 0 Å². The maximum Gasteiger partial charge on any atom is 0.151 e. The molecule has 4 nitrogen and oxygen atoms in total. The number of sulfone groups is 1. The van der Waals surface area contributed by atoms with Crippen molar-refractivity contribution in [1.82, 2.24) is 4.90 Å². The standard InChI is InChI=1S/C9H20N2O2S/c1-2-6-14(12,13)7-5-11-4-3-9(10)8-11/h9H,2-8,10H2,1H3. The molecule has 1 aliphatic rings. The van der Waals surface area contributed by atoms with E-state index in [4.69, 9.17) is 5.73 Å². The Bertz CT molecular complexity index is 264. The molecular weight excluding hydrogens is 200 g/mol. The largest absolute Gasteiger partial charge is 0.326 e. The van der Waals surface area contributed by atoms with Crippen LogP contribution in [0.2, 0.25) is 0 Å². The average molecular weight is 220 g/mol. The lowest BCUT2D eigenvalue weighted by Gasteiger charge is -2.14. The molecule has 0 aliphatic carbocycles. The van der Waals surface area contributed by atoms with Crippen LogP contribution in [-0.4, -0.2) is 50.5 Å². The number of hydrogen-bond donors (Lipinski definition) is 1. The fourth-order valence-electron chi connectivity index (χ4n) is 1.75. The Morgan fingerprint density at radius 1 is 1.43 bits per heavy atom. The fraction of sp³-hybridized carbons (Fsp3) is 1.00. The summed E-state index contributed by atoms with van der Waals surface area (Å²) in [5.41, 5.74) is 5.73. The smallest absolute Gasteiger partial charge is 0.151 e. The highest BCUT2D eigenvalue weighted by atomic mass is 32.2. The summed E-state index contributed by atoms with van der Waals surface area (Å²) in [6.07, 6.45) is 1.70. The summed E-state index contributed by atoms with van der Waals surface area (Å²) in [5, 5.41) is 0. The molecule has 14 heavy (non-hydrogen) atoms. The van der Waals surface area contributed by atoms with Crippen LogP contribution < -0.4 is 5.73 Å². The molecule has 0 aromatic heterocycles. The van der Waals surface area contributed by atoms with Gasteiger partial charge in [0.15, 0.2) is 9.84 Å². The Kier molecular flexibility index (Phi) is 4.34. The quantitative estimate of drug-likeness (QED) is 0.699. The Morgan fingerprint density at radius 2 is 2.14 bits per heavy atom. The van der Waals surface area contributed by atoms with Crippen LogP contribution in [-0.2, 0) is 9.84 Å². The van der Waals surface area contributed by atoms with Crippen molar-refractivity contribution in [2.24, 2.45) is 5.73 Å². The zero-order valence-corrected chi connectivity index (χ0v) is 9.59. The molecular formula is C9H20N2O2S. The van der Waals surface area contributed by atoms with Crippen molar-refractivity contribution >= 4 is 9.84 Å². The molecule has 0 aromatic carbocycles. The predicted octanol–water partition coefficient (Wildman–Crippen LogP) is -0.156. The number of nitrogens with zero attached hydrogens (tertiary/aromatic N) is 1. The minimum atomic E-state index is -2.82. The number of likely N-dealkylation sites (tertiary alicyclic amines) is 1. The lowest BCUT2D eigenvalue weighted by molar-refractivity contribution is 0.354. The van der Waals surface area contributed by atoms with Crippen molar-refractivity contribution in [1.29, 1.82) is 0 Å². The van der Waals surface area contributed by atoms with Gasteiger partial charge in [0.2, 0.25) is 0 Å². The van der Waals surface area contributed by atoms with Gasteiger partial charge in [-0.3, -0.25) is 0 Å². The normalized spacial score (nSPS) is 24.3. The van der Waals surface area contributed by atoms with Crippen molar-refractivity contribution < 1.29 is 8.42 Å². The van der Waals surface area contributed by atoms with Crippen LogP contribution in [0.25, 0.3) is 0 Å². The van der Waals surface area contributed by atoms with Crippen molar-refractivity contribution in [2.75, 3.05) is 31.1 Å². The van der Waals surface area contributed by atoms with Gasteiger partial charge in [0, 0.05) is 24.9 Å². The van der Waals surface area contributed by atoms with Crippen molar-refractivity contribution in [3.63, 3.8) is 0 Å². The summed E-state index contributed by atoms with van der Waals surface area (Å²) in [5.74, 6) is 0.598. The molecule has 0 aromatic rings. The van der Waals surface area contributed by atoms with Gasteiger partial charge in [0.25, 0.3) is 0 Å². The summed E-state index contributed by atoms with van der Waals surface area (Å²) < 4.78 is 22.8. The summed E-state index contributed by atoms with van der Waals surface area (Å²) in [7, 11) is -2.82. The minimum Gasteiger partial charge on any atom is -0.326 e. The van der Waals surface area contributed by atoms with Crippen LogP contribution in [0.15, 0.2) is 0 Å². The van der Waals surface area contributed by atoms with Gasteiger partial charge >= 0.3 is 0 Å². The molecule has 0 bridgehead atoms. The van der Waals surface area contributed by atoms with Crippen LogP contribution in [0.4, 0.5) is 0 Å². The molecule has 5 heteroatoms. The molecule has 0 spiro atoms. The highest BCUT2D eigenvalue weighted by molar-refractivity contribution is 7.91. The van der Waals surface area contributed by atoms with Gasteiger partial charge in [-0.2, -0.15) is 0 Å². The van der Waals surface area contributed by atoms with Gasteiger partial charge in [0.1, 0.15) is 0 Å². The molecule has 2 N–H and O–H groups in total. The molecule has 1 unspecified atom stereocenters. The van der Waals surface area contributed by atoms with E-state index in [0.717, 1.165) is 19.5 Å². The van der Waals surface area contributed by atoms with Crippen LogP contribution in [0.3, 0.4) is 0 Å². The highest BCUT2D eigenvalue weighted by Crippen LogP contribution is 2.07. The Labute approximate surface area is 86.4 Å². The van der Waals surface area contributed by atoms with Crippen molar-refractivity contribution in [3.8, 4) is 0 Å². The third-order valence-electron chi connectivity index (χ3n) is 2.54. The maximum absolute atomic E-state index is 11.4. The Hall–Kier alpha value is -0.130. The third-order valence-corrected chi connectivity index (χ3v) is 4.38. The van der Waals surface area contributed by atoms with Crippen LogP contribution >= 0.6 is 0 Å². The van der Waals surface area contributed by atoms with E-state index in [1.807, 2.05) is 6.92 Å². The number of nitrogens with two attached hydrogens (primary N) is 1. The summed E-state index contributed by atoms with van der Waals surface area (Å²) in [4.78, 5) is 2.14. The number of hydrogen-bond acceptors (Lipinski definition) is 4. The van der Waals surface area contributed by atoms with Gasteiger partial charge in [-0.25, -0.2) is 8.42 Å². The fourth-order valence-corrected chi connectivity index (χ4v) is 3.11. The van der Waals surface area contributed by atoms with E-state index in [-0.39, 0.29) is 11.8 Å². The first-order chi connectivity index (χ1) is 6.53. The van der Waals surface area contributed by atoms with Crippen molar-refractivity contribution in [2.45, 2.75) is 25.8 Å². The first kappa shape index (κ1) is 11.9. The monoisotopic (exact) mass is 220 g/mol. The van der Waals surface area contributed by atoms with Crippen LogP contribution in [0, 0.1) is 0 Å². The van der Waals surface area contributed by atoms with Gasteiger partial charge < -0.3 is 10.6 Å². The SMILES string of the molecule is CCCS(=O)(=O)CCN1CCC(N)C1. The molecule has 1 rings (SSSR count). The molecule has 1 fully saturated rings. The lowest BCUT2D eigenvalue weighted by atomic mass is 10.3. The molecule has 0 saturated carbocycles. The van der Waals surface area contributed by atoms with E-state index in [2.05, 4.69) is 4.90 Å². The van der Waals surface area contributed by atoms with E-state index in [9.17, 15) is 8.42 Å². The summed E-state index contributed by atoms with van der Waals surface area (Å²) >= 11 is 0. The second kappa shape index (κ2) is 5.09. The van der Waals surface area contributed by atoms with E-state index in [1.54, 1.807) is 0 Å². The maximum atomic E-state index is 11.4. The lowest BCUT2D eigenvalue weighted by Crippen LogP contribution is -2.31. The zero-order chi connectivity index (χ0) is 10.6. The minimum absolute atomic E-state index is 0.240. The molecule has 84 valence electrons. The molecule has 0 radical (unpaired) electrons. The molecule has 0 amide bonds. The third kappa shape index (κ3) is 3.94. The van der Waals surface area contributed by atoms with Crippen molar-refractivity contribution in [3.05, 3.63) is 0 Å². The second-order valence-electron chi connectivity index (χ2n) is 4.00. The molecule has 1 saturated heterocycles. The second-order valence-corrected chi connectivity index (χ2v) is 6.30. The predicted molar refractivity (Wildman–Crippen MR) is 58.0 cm³/mol. The van der Waals surface area contributed by atoms with Crippen LogP contribution in [0.5, 0.6) is 0 Å². The van der Waals surface area contributed by atoms with E-state index in [1.165, 1.54) is 0 Å². The average Bonchev–Trinajstić information content (AvgIpc) is 2.48. The summed E-state index contributed by atoms with van der Waals surface area (Å²) in [6.45, 7) is 4.34. The van der Waals surface area contributed by atoms with E-state index in [0.29, 0.717) is 18.7 Å². The highest BCUT2D eigenvalue weighted by Gasteiger charge is 2.20. The first-order valence-electron chi connectivity index (χ1n) is 5.22. The first-order valence-corrected chi connectivity index (χ1v) is 7.04. The van der Waals surface area contributed by atoms with E-state index >= 15 is 0 Å². The van der Waals surface area contributed by atoms with E-state index < -0.39 is 9.84 Å². The Balaban J connectivity index is 2.26. The van der Waals surface area contributed by atoms with Gasteiger partial charge in [-0.1, -0.05) is 6.92 Å². The molecule has 1 atom stereocenters. The topological polar surface area (TPSA) is 63.4 Å². The Morgan fingerprint density at radius 3 is 2.64 bits per heavy atom.